The van der Waals surface area contributed by atoms with Gasteiger partial charge in [-0.1, -0.05) is 18.9 Å². The number of rotatable bonds is 7. The highest BCUT2D eigenvalue weighted by molar-refractivity contribution is 6.47. The fraction of sp³-hybridized carbons (Fsp3) is 0.824. The van der Waals surface area contributed by atoms with Crippen LogP contribution in [0.25, 0.3) is 0 Å². The number of carbonyl (C=O) groups excluding carboxylic acids is 1. The number of ether oxygens (including phenoxy) is 1. The number of allylic oxidation sites excluding steroid dienone is 1. The molecule has 1 aliphatic rings. The van der Waals surface area contributed by atoms with Gasteiger partial charge in [0.2, 0.25) is 0 Å². The van der Waals surface area contributed by atoms with Crippen molar-refractivity contribution in [2.75, 3.05) is 6.61 Å². The van der Waals surface area contributed by atoms with Crippen LogP contribution in [0.5, 0.6) is 0 Å². The molecule has 1 rings (SSSR count). The summed E-state index contributed by atoms with van der Waals surface area (Å²) in [6, 6.07) is 0. The van der Waals surface area contributed by atoms with E-state index < -0.39 is 7.12 Å². The van der Waals surface area contributed by atoms with Gasteiger partial charge in [0.05, 0.1) is 17.8 Å². The van der Waals surface area contributed by atoms with Crippen LogP contribution in [0.4, 0.5) is 0 Å². The summed E-state index contributed by atoms with van der Waals surface area (Å²) in [6.07, 6.45) is 3.52. The first-order valence-corrected chi connectivity index (χ1v) is 8.36. The zero-order valence-electron chi connectivity index (χ0n) is 15.2. The summed E-state index contributed by atoms with van der Waals surface area (Å²) in [6.45, 7) is 14.4. The van der Waals surface area contributed by atoms with Gasteiger partial charge in [-0.2, -0.15) is 0 Å². The van der Waals surface area contributed by atoms with E-state index in [0.29, 0.717) is 18.5 Å². The van der Waals surface area contributed by atoms with Gasteiger partial charge in [-0.05, 0) is 54.4 Å². The molecule has 0 amide bonds. The van der Waals surface area contributed by atoms with Crippen LogP contribution in [-0.4, -0.2) is 30.9 Å². The molecule has 0 radical (unpaired) electrons. The fourth-order valence-corrected chi connectivity index (χ4v) is 2.46. The Morgan fingerprint density at radius 2 is 1.64 bits per heavy atom. The maximum atomic E-state index is 12.3. The Morgan fingerprint density at radius 3 is 2.09 bits per heavy atom. The summed E-state index contributed by atoms with van der Waals surface area (Å²) >= 11 is 0. The molecule has 0 atom stereocenters. The lowest BCUT2D eigenvalue weighted by Gasteiger charge is -2.32. The highest BCUT2D eigenvalue weighted by atomic mass is 16.7. The van der Waals surface area contributed by atoms with E-state index in [1.807, 2.05) is 41.5 Å². The molecule has 1 fully saturated rings. The minimum Gasteiger partial charge on any atom is -0.463 e. The second-order valence-electron chi connectivity index (χ2n) is 6.97. The van der Waals surface area contributed by atoms with E-state index >= 15 is 0 Å². The second kappa shape index (κ2) is 7.65. The highest BCUT2D eigenvalue weighted by Gasteiger charge is 2.51. The summed E-state index contributed by atoms with van der Waals surface area (Å²) in [4.78, 5) is 12.3. The van der Waals surface area contributed by atoms with Gasteiger partial charge in [0.25, 0.3) is 0 Å². The minimum atomic E-state index is -0.402. The SMILES string of the molecule is CCCC/C(C)=C(/CB1OC(C)(C)C(C)(C)O1)C(=O)OCC. The molecule has 126 valence electrons. The number of carbonyl (C=O) groups is 1. The molecule has 0 aromatic heterocycles. The lowest BCUT2D eigenvalue weighted by Crippen LogP contribution is -2.41. The Kier molecular flexibility index (Phi) is 6.69. The predicted octanol–water partition coefficient (Wildman–Crippen LogP) is 4.15. The molecule has 0 unspecified atom stereocenters. The first kappa shape index (κ1) is 19.2. The van der Waals surface area contributed by atoms with Crippen molar-refractivity contribution in [1.82, 2.24) is 0 Å². The lowest BCUT2D eigenvalue weighted by atomic mass is 9.78. The van der Waals surface area contributed by atoms with Crippen molar-refractivity contribution in [3.8, 4) is 0 Å². The van der Waals surface area contributed by atoms with Crippen LogP contribution in [0.1, 0.15) is 67.7 Å². The smallest absolute Gasteiger partial charge is 0.462 e. The quantitative estimate of drug-likeness (QED) is 0.402. The molecular formula is C17H31BO4. The predicted molar refractivity (Wildman–Crippen MR) is 89.7 cm³/mol. The number of esters is 1. The van der Waals surface area contributed by atoms with Crippen molar-refractivity contribution in [2.45, 2.75) is 85.3 Å². The molecule has 0 aromatic carbocycles. The molecule has 0 N–H and O–H groups in total. The van der Waals surface area contributed by atoms with Crippen LogP contribution in [0.15, 0.2) is 11.1 Å². The van der Waals surface area contributed by atoms with Crippen molar-refractivity contribution in [3.05, 3.63) is 11.1 Å². The Labute approximate surface area is 135 Å². The lowest BCUT2D eigenvalue weighted by molar-refractivity contribution is -0.138. The Morgan fingerprint density at radius 1 is 1.09 bits per heavy atom. The van der Waals surface area contributed by atoms with Gasteiger partial charge in [-0.3, -0.25) is 0 Å². The summed E-state index contributed by atoms with van der Waals surface area (Å²) in [5, 5.41) is 0. The van der Waals surface area contributed by atoms with E-state index in [1.54, 1.807) is 0 Å². The topological polar surface area (TPSA) is 44.8 Å². The maximum Gasteiger partial charge on any atom is 0.462 e. The largest absolute Gasteiger partial charge is 0.463 e. The van der Waals surface area contributed by atoms with Crippen molar-refractivity contribution < 1.29 is 18.8 Å². The third kappa shape index (κ3) is 4.59. The maximum absolute atomic E-state index is 12.3. The molecule has 1 heterocycles. The molecule has 4 nitrogen and oxygen atoms in total. The normalized spacial score (nSPS) is 20.8. The zero-order chi connectivity index (χ0) is 17.0. The van der Waals surface area contributed by atoms with Crippen LogP contribution in [0.2, 0.25) is 6.32 Å². The van der Waals surface area contributed by atoms with Crippen LogP contribution in [0, 0.1) is 0 Å². The average Bonchev–Trinajstić information content (AvgIpc) is 2.61. The van der Waals surface area contributed by atoms with E-state index in [0.717, 1.165) is 24.8 Å². The monoisotopic (exact) mass is 310 g/mol. The molecule has 1 saturated heterocycles. The molecule has 0 aliphatic carbocycles. The van der Waals surface area contributed by atoms with Crippen LogP contribution in [0.3, 0.4) is 0 Å². The van der Waals surface area contributed by atoms with Crippen molar-refractivity contribution in [3.63, 3.8) is 0 Å². The van der Waals surface area contributed by atoms with Crippen LogP contribution in [-0.2, 0) is 18.8 Å². The summed E-state index contributed by atoms with van der Waals surface area (Å²) < 4.78 is 17.2. The highest BCUT2D eigenvalue weighted by Crippen LogP contribution is 2.39. The van der Waals surface area contributed by atoms with Crippen molar-refractivity contribution in [2.24, 2.45) is 0 Å². The summed E-state index contributed by atoms with van der Waals surface area (Å²) in [7, 11) is -0.402. The minimum absolute atomic E-state index is 0.245. The van der Waals surface area contributed by atoms with Gasteiger partial charge in [-0.25, -0.2) is 4.79 Å². The van der Waals surface area contributed by atoms with Crippen molar-refractivity contribution in [1.29, 1.82) is 0 Å². The Bertz CT molecular complexity index is 410. The second-order valence-corrected chi connectivity index (χ2v) is 6.97. The van der Waals surface area contributed by atoms with E-state index in [1.165, 1.54) is 0 Å². The van der Waals surface area contributed by atoms with Gasteiger partial charge in [0, 0.05) is 11.9 Å². The average molecular weight is 310 g/mol. The van der Waals surface area contributed by atoms with E-state index in [4.69, 9.17) is 14.0 Å². The first-order valence-electron chi connectivity index (χ1n) is 8.36. The van der Waals surface area contributed by atoms with Gasteiger partial charge in [-0.15, -0.1) is 0 Å². The molecule has 0 aromatic rings. The summed E-state index contributed by atoms with van der Waals surface area (Å²) in [5.41, 5.74) is 1.02. The molecule has 0 bridgehead atoms. The van der Waals surface area contributed by atoms with Gasteiger partial charge in [0.15, 0.2) is 0 Å². The summed E-state index contributed by atoms with van der Waals surface area (Å²) in [5.74, 6) is -0.245. The van der Waals surface area contributed by atoms with Crippen molar-refractivity contribution >= 4 is 13.1 Å². The number of unbranched alkanes of at least 4 members (excludes halogenated alkanes) is 1. The molecule has 0 saturated carbocycles. The zero-order valence-corrected chi connectivity index (χ0v) is 15.2. The molecule has 0 spiro atoms. The molecule has 22 heavy (non-hydrogen) atoms. The number of hydrogen-bond acceptors (Lipinski definition) is 4. The van der Waals surface area contributed by atoms with Gasteiger partial charge in [0.1, 0.15) is 0 Å². The fourth-order valence-electron chi connectivity index (χ4n) is 2.46. The van der Waals surface area contributed by atoms with E-state index in [-0.39, 0.29) is 17.2 Å². The van der Waals surface area contributed by atoms with E-state index in [9.17, 15) is 4.79 Å². The molecule has 5 heteroatoms. The number of hydrogen-bond donors (Lipinski definition) is 0. The Hall–Kier alpha value is -0.805. The Balaban J connectivity index is 2.89. The third-order valence-corrected chi connectivity index (χ3v) is 4.62. The molecule has 1 aliphatic heterocycles. The van der Waals surface area contributed by atoms with Gasteiger partial charge < -0.3 is 14.0 Å². The van der Waals surface area contributed by atoms with Crippen LogP contribution >= 0.6 is 0 Å². The first-order chi connectivity index (χ1) is 10.1. The van der Waals surface area contributed by atoms with E-state index in [2.05, 4.69) is 6.92 Å². The van der Waals surface area contributed by atoms with Gasteiger partial charge >= 0.3 is 13.1 Å². The molecular weight excluding hydrogens is 279 g/mol. The standard InChI is InChI=1S/C17H31BO4/c1-8-10-11-13(3)14(15(19)20-9-2)12-18-21-16(4,5)17(6,7)22-18/h8-12H2,1-7H3/b14-13-. The third-order valence-electron chi connectivity index (χ3n) is 4.62. The van der Waals surface area contributed by atoms with Crippen LogP contribution < -0.4 is 0 Å².